The molecule has 1 amide bonds. The molecule has 0 aliphatic rings. The first-order valence-corrected chi connectivity index (χ1v) is 6.33. The summed E-state index contributed by atoms with van der Waals surface area (Å²) >= 11 is 5.85. The summed E-state index contributed by atoms with van der Waals surface area (Å²) in [7, 11) is 1.74. The predicted molar refractivity (Wildman–Crippen MR) is 73.2 cm³/mol. The molecule has 1 atom stereocenters. The van der Waals surface area contributed by atoms with Crippen LogP contribution in [0.3, 0.4) is 0 Å². The Morgan fingerprint density at radius 2 is 2.00 bits per heavy atom. The molecule has 0 saturated heterocycles. The Balaban J connectivity index is 2.16. The molecular formula is C14H15ClN2O2. The fourth-order valence-corrected chi connectivity index (χ4v) is 1.90. The Morgan fingerprint density at radius 1 is 1.37 bits per heavy atom. The van der Waals surface area contributed by atoms with E-state index in [1.165, 1.54) is 0 Å². The lowest BCUT2D eigenvalue weighted by molar-refractivity contribution is 0.0700. The van der Waals surface area contributed by atoms with Crippen molar-refractivity contribution in [3.05, 3.63) is 52.4 Å². The molecule has 1 aromatic carbocycles. The van der Waals surface area contributed by atoms with Gasteiger partial charge in [-0.3, -0.25) is 4.79 Å². The topological polar surface area (TPSA) is 46.3 Å². The van der Waals surface area contributed by atoms with Crippen molar-refractivity contribution in [2.75, 3.05) is 7.05 Å². The number of hydrogen-bond donors (Lipinski definition) is 0. The van der Waals surface area contributed by atoms with Crippen LogP contribution in [0.25, 0.3) is 0 Å². The van der Waals surface area contributed by atoms with Gasteiger partial charge in [-0.1, -0.05) is 28.9 Å². The standard InChI is InChI=1S/C14H15ClN2O2/c1-9-8-13(19-16-9)14(18)17(3)10(2)11-4-6-12(15)7-5-11/h4-8,10H,1-3H3. The quantitative estimate of drug-likeness (QED) is 0.864. The molecule has 2 rings (SSSR count). The van der Waals surface area contributed by atoms with Gasteiger partial charge in [0.15, 0.2) is 0 Å². The third-order valence-electron chi connectivity index (χ3n) is 3.09. The maximum absolute atomic E-state index is 12.2. The predicted octanol–water partition coefficient (Wildman–Crippen LogP) is 3.47. The van der Waals surface area contributed by atoms with Gasteiger partial charge in [-0.05, 0) is 31.5 Å². The second-order valence-corrected chi connectivity index (χ2v) is 4.91. The van der Waals surface area contributed by atoms with Crippen molar-refractivity contribution in [1.29, 1.82) is 0 Å². The zero-order valence-electron chi connectivity index (χ0n) is 11.1. The van der Waals surface area contributed by atoms with Gasteiger partial charge >= 0.3 is 0 Å². The van der Waals surface area contributed by atoms with Crippen LogP contribution in [0.1, 0.15) is 34.8 Å². The van der Waals surface area contributed by atoms with Gasteiger partial charge in [0.1, 0.15) is 0 Å². The van der Waals surface area contributed by atoms with Crippen molar-refractivity contribution < 1.29 is 9.32 Å². The highest BCUT2D eigenvalue weighted by Gasteiger charge is 2.22. The van der Waals surface area contributed by atoms with Crippen molar-refractivity contribution in [3.8, 4) is 0 Å². The number of rotatable bonds is 3. The first-order valence-electron chi connectivity index (χ1n) is 5.95. The number of amides is 1. The van der Waals surface area contributed by atoms with E-state index >= 15 is 0 Å². The summed E-state index contributed by atoms with van der Waals surface area (Å²) in [5.41, 5.74) is 1.70. The van der Waals surface area contributed by atoms with E-state index in [9.17, 15) is 4.79 Å². The number of benzene rings is 1. The summed E-state index contributed by atoms with van der Waals surface area (Å²) < 4.78 is 4.99. The van der Waals surface area contributed by atoms with E-state index in [1.807, 2.05) is 31.2 Å². The van der Waals surface area contributed by atoms with Crippen LogP contribution in [0.5, 0.6) is 0 Å². The van der Waals surface area contributed by atoms with Crippen LogP contribution < -0.4 is 0 Å². The Kier molecular flexibility index (Phi) is 3.90. The SMILES string of the molecule is Cc1cc(C(=O)N(C)C(C)c2ccc(Cl)cc2)on1. The molecule has 1 heterocycles. The Hall–Kier alpha value is -1.81. The second-order valence-electron chi connectivity index (χ2n) is 4.48. The van der Waals surface area contributed by atoms with Crippen molar-refractivity contribution in [2.24, 2.45) is 0 Å². The van der Waals surface area contributed by atoms with Gasteiger partial charge < -0.3 is 9.42 Å². The summed E-state index contributed by atoms with van der Waals surface area (Å²) in [6.07, 6.45) is 0. The molecule has 0 saturated carbocycles. The summed E-state index contributed by atoms with van der Waals surface area (Å²) in [5.74, 6) is 0.0591. The highest BCUT2D eigenvalue weighted by atomic mass is 35.5. The molecule has 0 bridgehead atoms. The van der Waals surface area contributed by atoms with Crippen molar-refractivity contribution in [3.63, 3.8) is 0 Å². The third-order valence-corrected chi connectivity index (χ3v) is 3.34. The highest BCUT2D eigenvalue weighted by Crippen LogP contribution is 2.22. The zero-order chi connectivity index (χ0) is 14.0. The van der Waals surface area contributed by atoms with Crippen LogP contribution in [0.15, 0.2) is 34.9 Å². The molecule has 0 spiro atoms. The first-order chi connectivity index (χ1) is 8.99. The summed E-state index contributed by atoms with van der Waals surface area (Å²) in [6.45, 7) is 3.73. The smallest absolute Gasteiger partial charge is 0.292 e. The number of carbonyl (C=O) groups is 1. The molecule has 5 heteroatoms. The summed E-state index contributed by atoms with van der Waals surface area (Å²) in [6, 6.07) is 8.99. The molecule has 1 aromatic heterocycles. The van der Waals surface area contributed by atoms with Crippen LogP contribution in [-0.2, 0) is 0 Å². The number of aromatic nitrogens is 1. The maximum Gasteiger partial charge on any atom is 0.292 e. The van der Waals surface area contributed by atoms with Crippen LogP contribution in [0, 0.1) is 6.92 Å². The monoisotopic (exact) mass is 278 g/mol. The van der Waals surface area contributed by atoms with E-state index in [-0.39, 0.29) is 17.7 Å². The number of aryl methyl sites for hydroxylation is 1. The van der Waals surface area contributed by atoms with Crippen LogP contribution in [-0.4, -0.2) is 23.0 Å². The van der Waals surface area contributed by atoms with Gasteiger partial charge in [0.2, 0.25) is 5.76 Å². The Morgan fingerprint density at radius 3 is 2.53 bits per heavy atom. The van der Waals surface area contributed by atoms with Crippen LogP contribution >= 0.6 is 11.6 Å². The fourth-order valence-electron chi connectivity index (χ4n) is 1.78. The molecule has 4 nitrogen and oxygen atoms in total. The maximum atomic E-state index is 12.2. The Bertz CT molecular complexity index is 577. The van der Waals surface area contributed by atoms with Gasteiger partial charge in [-0.25, -0.2) is 0 Å². The van der Waals surface area contributed by atoms with E-state index in [2.05, 4.69) is 5.16 Å². The van der Waals surface area contributed by atoms with Gasteiger partial charge in [0.05, 0.1) is 11.7 Å². The zero-order valence-corrected chi connectivity index (χ0v) is 11.8. The van der Waals surface area contributed by atoms with Gasteiger partial charge in [-0.15, -0.1) is 0 Å². The molecule has 0 fully saturated rings. The molecule has 0 aliphatic carbocycles. The summed E-state index contributed by atoms with van der Waals surface area (Å²) in [5, 5.41) is 4.40. The van der Waals surface area contributed by atoms with Crippen molar-refractivity contribution in [1.82, 2.24) is 10.1 Å². The fraction of sp³-hybridized carbons (Fsp3) is 0.286. The van der Waals surface area contributed by atoms with Crippen LogP contribution in [0.4, 0.5) is 0 Å². The van der Waals surface area contributed by atoms with E-state index in [0.717, 1.165) is 5.56 Å². The Labute approximate surface area is 117 Å². The number of halogens is 1. The molecular weight excluding hydrogens is 264 g/mol. The van der Waals surface area contributed by atoms with Crippen molar-refractivity contribution in [2.45, 2.75) is 19.9 Å². The molecule has 0 radical (unpaired) electrons. The molecule has 19 heavy (non-hydrogen) atoms. The lowest BCUT2D eigenvalue weighted by Crippen LogP contribution is -2.29. The molecule has 2 aromatic rings. The van der Waals surface area contributed by atoms with Crippen molar-refractivity contribution >= 4 is 17.5 Å². The molecule has 0 aliphatic heterocycles. The number of carbonyl (C=O) groups excluding carboxylic acids is 1. The number of nitrogens with zero attached hydrogens (tertiary/aromatic N) is 2. The summed E-state index contributed by atoms with van der Waals surface area (Å²) in [4.78, 5) is 13.8. The normalized spacial score (nSPS) is 12.2. The average molecular weight is 279 g/mol. The average Bonchev–Trinajstić information content (AvgIpc) is 2.84. The minimum Gasteiger partial charge on any atom is -0.351 e. The van der Waals surface area contributed by atoms with Gasteiger partial charge in [0.25, 0.3) is 5.91 Å². The van der Waals surface area contributed by atoms with Crippen LogP contribution in [0.2, 0.25) is 5.02 Å². The first kappa shape index (κ1) is 13.6. The molecule has 1 unspecified atom stereocenters. The number of hydrogen-bond acceptors (Lipinski definition) is 3. The lowest BCUT2D eigenvalue weighted by Gasteiger charge is -2.24. The largest absolute Gasteiger partial charge is 0.351 e. The molecule has 0 N–H and O–H groups in total. The lowest BCUT2D eigenvalue weighted by atomic mass is 10.1. The third kappa shape index (κ3) is 2.96. The minimum absolute atomic E-state index is 0.0739. The minimum atomic E-state index is -0.192. The van der Waals surface area contributed by atoms with Gasteiger partial charge in [0, 0.05) is 18.1 Å². The molecule has 100 valence electrons. The van der Waals surface area contributed by atoms with E-state index < -0.39 is 0 Å². The van der Waals surface area contributed by atoms with Gasteiger partial charge in [-0.2, -0.15) is 0 Å². The van der Waals surface area contributed by atoms with E-state index in [4.69, 9.17) is 16.1 Å². The second kappa shape index (κ2) is 5.45. The van der Waals surface area contributed by atoms with E-state index in [1.54, 1.807) is 24.9 Å². The van der Waals surface area contributed by atoms with E-state index in [0.29, 0.717) is 10.7 Å². The highest BCUT2D eigenvalue weighted by molar-refractivity contribution is 6.30.